The molecule has 1 aromatic rings. The SMILES string of the molecule is Nc1ncc(Cl)cc1C1CCOC2(CCCC2)C1. The third-order valence-corrected chi connectivity index (χ3v) is 4.57. The van der Waals surface area contributed by atoms with Gasteiger partial charge in [0, 0.05) is 12.8 Å². The molecule has 2 heterocycles. The molecule has 1 aliphatic carbocycles. The lowest BCUT2D eigenvalue weighted by Gasteiger charge is -2.38. The van der Waals surface area contributed by atoms with Crippen molar-refractivity contribution < 1.29 is 4.74 Å². The highest BCUT2D eigenvalue weighted by Crippen LogP contribution is 2.46. The van der Waals surface area contributed by atoms with Gasteiger partial charge in [0.2, 0.25) is 0 Å². The molecular formula is C14H19ClN2O. The maximum atomic E-state index is 6.05. The number of nitrogen functional groups attached to an aromatic ring is 1. The van der Waals surface area contributed by atoms with Crippen LogP contribution < -0.4 is 5.73 Å². The van der Waals surface area contributed by atoms with E-state index in [0.717, 1.165) is 25.0 Å². The van der Waals surface area contributed by atoms with Gasteiger partial charge in [-0.15, -0.1) is 0 Å². The largest absolute Gasteiger partial charge is 0.383 e. The first-order valence-electron chi connectivity index (χ1n) is 6.73. The minimum absolute atomic E-state index is 0.109. The van der Waals surface area contributed by atoms with Crippen molar-refractivity contribution in [3.8, 4) is 0 Å². The normalized spacial score (nSPS) is 26.6. The zero-order chi connectivity index (χ0) is 12.6. The van der Waals surface area contributed by atoms with E-state index in [2.05, 4.69) is 4.98 Å². The summed E-state index contributed by atoms with van der Waals surface area (Å²) in [5, 5.41) is 0.672. The van der Waals surface area contributed by atoms with Crippen molar-refractivity contribution in [1.29, 1.82) is 0 Å². The minimum Gasteiger partial charge on any atom is -0.383 e. The number of hydrogen-bond acceptors (Lipinski definition) is 3. The first-order chi connectivity index (χ1) is 8.69. The number of nitrogens with two attached hydrogens (primary N) is 1. The van der Waals surface area contributed by atoms with Gasteiger partial charge in [-0.1, -0.05) is 24.4 Å². The molecule has 1 spiro atoms. The second-order valence-corrected chi connectivity index (χ2v) is 5.99. The molecule has 2 fully saturated rings. The fraction of sp³-hybridized carbons (Fsp3) is 0.643. The summed E-state index contributed by atoms with van der Waals surface area (Å²) >= 11 is 6.04. The molecule has 0 amide bonds. The summed E-state index contributed by atoms with van der Waals surface area (Å²) in [7, 11) is 0. The lowest BCUT2D eigenvalue weighted by atomic mass is 9.81. The zero-order valence-electron chi connectivity index (χ0n) is 10.5. The van der Waals surface area contributed by atoms with Crippen molar-refractivity contribution in [3.63, 3.8) is 0 Å². The molecule has 98 valence electrons. The Labute approximate surface area is 113 Å². The summed E-state index contributed by atoms with van der Waals surface area (Å²) in [6.45, 7) is 0.830. The van der Waals surface area contributed by atoms with Crippen LogP contribution in [0.4, 0.5) is 5.82 Å². The van der Waals surface area contributed by atoms with E-state index < -0.39 is 0 Å². The Morgan fingerprint density at radius 2 is 2.17 bits per heavy atom. The van der Waals surface area contributed by atoms with E-state index in [9.17, 15) is 0 Å². The van der Waals surface area contributed by atoms with Crippen molar-refractivity contribution in [3.05, 3.63) is 22.8 Å². The van der Waals surface area contributed by atoms with Crippen LogP contribution in [0, 0.1) is 0 Å². The molecule has 18 heavy (non-hydrogen) atoms. The zero-order valence-corrected chi connectivity index (χ0v) is 11.2. The van der Waals surface area contributed by atoms with Gasteiger partial charge in [0.15, 0.2) is 0 Å². The summed E-state index contributed by atoms with van der Waals surface area (Å²) in [6, 6.07) is 1.97. The van der Waals surface area contributed by atoms with Crippen LogP contribution >= 0.6 is 11.6 Å². The van der Waals surface area contributed by atoms with Gasteiger partial charge in [-0.3, -0.25) is 0 Å². The molecule has 0 radical (unpaired) electrons. The molecular weight excluding hydrogens is 248 g/mol. The quantitative estimate of drug-likeness (QED) is 0.846. The van der Waals surface area contributed by atoms with Crippen LogP contribution in [0.5, 0.6) is 0 Å². The van der Waals surface area contributed by atoms with Crippen molar-refractivity contribution in [2.75, 3.05) is 12.3 Å². The summed E-state index contributed by atoms with van der Waals surface area (Å²) in [5.74, 6) is 1.07. The van der Waals surface area contributed by atoms with Crippen LogP contribution in [0.1, 0.15) is 50.0 Å². The average Bonchev–Trinajstić information content (AvgIpc) is 2.80. The molecule has 4 heteroatoms. The highest BCUT2D eigenvalue weighted by atomic mass is 35.5. The molecule has 0 aromatic carbocycles. The van der Waals surface area contributed by atoms with Crippen LogP contribution in [0.15, 0.2) is 12.3 Å². The molecule has 1 aliphatic heterocycles. The first kappa shape index (κ1) is 12.2. The maximum Gasteiger partial charge on any atom is 0.126 e. The fourth-order valence-corrected chi connectivity index (χ4v) is 3.62. The molecule has 0 bridgehead atoms. The Bertz CT molecular complexity index is 443. The monoisotopic (exact) mass is 266 g/mol. The lowest BCUT2D eigenvalue weighted by molar-refractivity contribution is -0.0804. The highest BCUT2D eigenvalue weighted by Gasteiger charge is 2.40. The number of hydrogen-bond donors (Lipinski definition) is 1. The Morgan fingerprint density at radius 3 is 2.94 bits per heavy atom. The molecule has 1 saturated heterocycles. The molecule has 3 rings (SSSR count). The van der Waals surface area contributed by atoms with E-state index in [1.807, 2.05) is 6.07 Å². The fourth-order valence-electron chi connectivity index (χ4n) is 3.45. The van der Waals surface area contributed by atoms with E-state index in [1.54, 1.807) is 6.20 Å². The summed E-state index contributed by atoms with van der Waals surface area (Å²) in [4.78, 5) is 4.17. The average molecular weight is 267 g/mol. The van der Waals surface area contributed by atoms with Gasteiger partial charge in [0.1, 0.15) is 5.82 Å². The van der Waals surface area contributed by atoms with E-state index in [4.69, 9.17) is 22.1 Å². The molecule has 2 N–H and O–H groups in total. The molecule has 1 saturated carbocycles. The number of ether oxygens (including phenoxy) is 1. The van der Waals surface area contributed by atoms with Crippen LogP contribution in [0.25, 0.3) is 0 Å². The van der Waals surface area contributed by atoms with Gasteiger partial charge >= 0.3 is 0 Å². The standard InChI is InChI=1S/C14H19ClN2O/c15-11-7-12(13(16)17-9-11)10-3-6-18-14(8-10)4-1-2-5-14/h7,9-10H,1-6,8H2,(H2,16,17). The van der Waals surface area contributed by atoms with Gasteiger partial charge in [0.25, 0.3) is 0 Å². The predicted molar refractivity (Wildman–Crippen MR) is 72.8 cm³/mol. The number of pyridine rings is 1. The number of halogens is 1. The third-order valence-electron chi connectivity index (χ3n) is 4.36. The topological polar surface area (TPSA) is 48.1 Å². The second kappa shape index (κ2) is 4.71. The van der Waals surface area contributed by atoms with E-state index in [0.29, 0.717) is 16.8 Å². The van der Waals surface area contributed by atoms with Gasteiger partial charge in [-0.05, 0) is 43.2 Å². The second-order valence-electron chi connectivity index (χ2n) is 5.56. The molecule has 1 atom stereocenters. The third kappa shape index (κ3) is 2.21. The smallest absolute Gasteiger partial charge is 0.126 e. The van der Waals surface area contributed by atoms with Crippen LogP contribution in [0.2, 0.25) is 5.02 Å². The Morgan fingerprint density at radius 1 is 1.39 bits per heavy atom. The van der Waals surface area contributed by atoms with Crippen LogP contribution in [-0.2, 0) is 4.74 Å². The van der Waals surface area contributed by atoms with E-state index in [-0.39, 0.29) is 5.60 Å². The van der Waals surface area contributed by atoms with Crippen molar-refractivity contribution in [2.24, 2.45) is 0 Å². The summed E-state index contributed by atoms with van der Waals surface area (Å²) in [6.07, 6.45) is 8.67. The van der Waals surface area contributed by atoms with Crippen molar-refractivity contribution in [1.82, 2.24) is 4.98 Å². The van der Waals surface area contributed by atoms with Crippen molar-refractivity contribution in [2.45, 2.75) is 50.0 Å². The number of anilines is 1. The number of nitrogens with zero attached hydrogens (tertiary/aromatic N) is 1. The van der Waals surface area contributed by atoms with Crippen LogP contribution in [-0.4, -0.2) is 17.2 Å². The van der Waals surface area contributed by atoms with Gasteiger partial charge in [-0.2, -0.15) is 0 Å². The number of rotatable bonds is 1. The molecule has 3 nitrogen and oxygen atoms in total. The number of aromatic nitrogens is 1. The molecule has 1 unspecified atom stereocenters. The lowest BCUT2D eigenvalue weighted by Crippen LogP contribution is -2.36. The van der Waals surface area contributed by atoms with Crippen molar-refractivity contribution >= 4 is 17.4 Å². The summed E-state index contributed by atoms with van der Waals surface area (Å²) < 4.78 is 6.05. The summed E-state index contributed by atoms with van der Waals surface area (Å²) in [5.41, 5.74) is 7.21. The van der Waals surface area contributed by atoms with Gasteiger partial charge in [-0.25, -0.2) is 4.98 Å². The van der Waals surface area contributed by atoms with Gasteiger partial charge in [0.05, 0.1) is 10.6 Å². The predicted octanol–water partition coefficient (Wildman–Crippen LogP) is 3.52. The molecule has 2 aliphatic rings. The molecule has 1 aromatic heterocycles. The van der Waals surface area contributed by atoms with E-state index >= 15 is 0 Å². The Kier molecular flexibility index (Phi) is 3.20. The first-order valence-corrected chi connectivity index (χ1v) is 7.11. The van der Waals surface area contributed by atoms with Crippen LogP contribution in [0.3, 0.4) is 0 Å². The van der Waals surface area contributed by atoms with Gasteiger partial charge < -0.3 is 10.5 Å². The Hall–Kier alpha value is -0.800. The Balaban J connectivity index is 1.85. The highest BCUT2D eigenvalue weighted by molar-refractivity contribution is 6.30. The van der Waals surface area contributed by atoms with E-state index in [1.165, 1.54) is 25.7 Å². The minimum atomic E-state index is 0.109. The maximum absolute atomic E-state index is 6.05.